The molecule has 0 saturated heterocycles. The van der Waals surface area contributed by atoms with Crippen molar-refractivity contribution in [2.75, 3.05) is 0 Å². The van der Waals surface area contributed by atoms with E-state index in [4.69, 9.17) is 6.42 Å². The maximum Gasteiger partial charge on any atom is 0.0561 e. The van der Waals surface area contributed by atoms with Crippen LogP contribution < -0.4 is 0 Å². The van der Waals surface area contributed by atoms with Crippen molar-refractivity contribution in [3.8, 4) is 12.3 Å². The van der Waals surface area contributed by atoms with Crippen molar-refractivity contribution in [2.45, 2.75) is 25.2 Å². The van der Waals surface area contributed by atoms with Crippen LogP contribution in [0.5, 0.6) is 0 Å². The fourth-order valence-electron chi connectivity index (χ4n) is 1.53. The number of hydrogen-bond donors (Lipinski definition) is 0. The van der Waals surface area contributed by atoms with Gasteiger partial charge in [-0.2, -0.15) is 0 Å². The van der Waals surface area contributed by atoms with Crippen molar-refractivity contribution in [2.24, 2.45) is 0 Å². The summed E-state index contributed by atoms with van der Waals surface area (Å²) in [6.07, 6.45) is 7.80. The minimum atomic E-state index is 0.0657. The Bertz CT molecular complexity index is 381. The molecule has 1 aromatic carbocycles. The van der Waals surface area contributed by atoms with E-state index >= 15 is 0 Å². The number of hydrogen-bond acceptors (Lipinski definition) is 0. The molecule has 0 amide bonds. The zero-order valence-electron chi connectivity index (χ0n) is 7.60. The van der Waals surface area contributed by atoms with Crippen molar-refractivity contribution in [1.29, 1.82) is 0 Å². The average molecular weight is 235 g/mol. The van der Waals surface area contributed by atoms with Crippen LogP contribution in [0.1, 0.15) is 24.0 Å². The largest absolute Gasteiger partial charge is 0.119 e. The Morgan fingerprint density at radius 1 is 1.46 bits per heavy atom. The van der Waals surface area contributed by atoms with Crippen LogP contribution in [0.4, 0.5) is 0 Å². The van der Waals surface area contributed by atoms with Crippen LogP contribution in [0.3, 0.4) is 0 Å². The quantitative estimate of drug-likeness (QED) is 0.654. The van der Waals surface area contributed by atoms with Crippen molar-refractivity contribution in [3.63, 3.8) is 0 Å². The van der Waals surface area contributed by atoms with Gasteiger partial charge in [-0.05, 0) is 37.0 Å². The van der Waals surface area contributed by atoms with Crippen LogP contribution in [0.15, 0.2) is 22.7 Å². The Hall–Kier alpha value is -0.740. The summed E-state index contributed by atoms with van der Waals surface area (Å²) < 4.78 is 1.16. The smallest absolute Gasteiger partial charge is 0.0561 e. The van der Waals surface area contributed by atoms with Crippen LogP contribution in [0.25, 0.3) is 0 Å². The third kappa shape index (κ3) is 1.40. The lowest BCUT2D eigenvalue weighted by atomic mass is 9.96. The van der Waals surface area contributed by atoms with Crippen molar-refractivity contribution >= 4 is 15.9 Å². The van der Waals surface area contributed by atoms with Gasteiger partial charge in [-0.1, -0.05) is 34.0 Å². The van der Waals surface area contributed by atoms with Gasteiger partial charge < -0.3 is 0 Å². The molecule has 2 rings (SSSR count). The van der Waals surface area contributed by atoms with Crippen molar-refractivity contribution in [1.82, 2.24) is 0 Å². The minimum Gasteiger partial charge on any atom is -0.119 e. The fourth-order valence-corrected chi connectivity index (χ4v) is 1.91. The highest BCUT2D eigenvalue weighted by atomic mass is 79.9. The highest BCUT2D eigenvalue weighted by Crippen LogP contribution is 2.48. The molecule has 0 heterocycles. The molecule has 0 atom stereocenters. The van der Waals surface area contributed by atoms with Crippen LogP contribution in [-0.4, -0.2) is 0 Å². The van der Waals surface area contributed by atoms with Gasteiger partial charge in [0.05, 0.1) is 5.41 Å². The third-order valence-electron chi connectivity index (χ3n) is 2.75. The molecule has 0 nitrogen and oxygen atoms in total. The Labute approximate surface area is 87.5 Å². The molecule has 0 aliphatic heterocycles. The monoisotopic (exact) mass is 234 g/mol. The van der Waals surface area contributed by atoms with Crippen molar-refractivity contribution < 1.29 is 0 Å². The van der Waals surface area contributed by atoms with Gasteiger partial charge in [0.2, 0.25) is 0 Å². The molecular weight excluding hydrogens is 224 g/mol. The molecule has 1 aromatic rings. The van der Waals surface area contributed by atoms with Gasteiger partial charge in [-0.25, -0.2) is 0 Å². The number of benzene rings is 1. The predicted molar refractivity (Wildman–Crippen MR) is 58.6 cm³/mol. The first-order valence-corrected chi connectivity index (χ1v) is 5.22. The first kappa shape index (κ1) is 8.84. The van der Waals surface area contributed by atoms with Gasteiger partial charge in [-0.15, -0.1) is 6.42 Å². The van der Waals surface area contributed by atoms with E-state index in [0.717, 1.165) is 17.3 Å². The van der Waals surface area contributed by atoms with Crippen molar-refractivity contribution in [3.05, 3.63) is 33.8 Å². The molecule has 0 spiro atoms. The van der Waals surface area contributed by atoms with Crippen LogP contribution >= 0.6 is 15.9 Å². The maximum absolute atomic E-state index is 5.52. The van der Waals surface area contributed by atoms with E-state index in [2.05, 4.69) is 47.0 Å². The Morgan fingerprint density at radius 3 is 2.62 bits per heavy atom. The van der Waals surface area contributed by atoms with Gasteiger partial charge >= 0.3 is 0 Å². The second kappa shape index (κ2) is 2.89. The van der Waals surface area contributed by atoms with Gasteiger partial charge in [0.15, 0.2) is 0 Å². The summed E-state index contributed by atoms with van der Waals surface area (Å²) in [4.78, 5) is 0. The van der Waals surface area contributed by atoms with E-state index in [0.29, 0.717) is 0 Å². The first-order chi connectivity index (χ1) is 6.18. The molecule has 1 heteroatoms. The number of rotatable bonds is 1. The summed E-state index contributed by atoms with van der Waals surface area (Å²) in [7, 11) is 0. The summed E-state index contributed by atoms with van der Waals surface area (Å²) in [5.74, 6) is 2.89. The lowest BCUT2D eigenvalue weighted by Crippen LogP contribution is -2.02. The van der Waals surface area contributed by atoms with Gasteiger partial charge in [-0.3, -0.25) is 0 Å². The zero-order valence-corrected chi connectivity index (χ0v) is 9.19. The summed E-state index contributed by atoms with van der Waals surface area (Å²) in [5, 5.41) is 0. The highest BCUT2D eigenvalue weighted by Gasteiger charge is 2.42. The van der Waals surface area contributed by atoms with Gasteiger partial charge in [0, 0.05) is 4.47 Å². The topological polar surface area (TPSA) is 0 Å². The van der Waals surface area contributed by atoms with E-state index < -0.39 is 0 Å². The Balaban J connectivity index is 2.44. The normalized spacial score (nSPS) is 17.9. The Kier molecular flexibility index (Phi) is 1.96. The number of halogens is 1. The van der Waals surface area contributed by atoms with E-state index in [-0.39, 0.29) is 5.41 Å². The first-order valence-electron chi connectivity index (χ1n) is 4.42. The molecule has 1 fully saturated rings. The second-order valence-electron chi connectivity index (χ2n) is 3.69. The molecule has 0 aromatic heterocycles. The zero-order chi connectivity index (χ0) is 9.47. The van der Waals surface area contributed by atoms with Crippen LogP contribution in [0.2, 0.25) is 0 Å². The van der Waals surface area contributed by atoms with Crippen LogP contribution in [-0.2, 0) is 5.41 Å². The molecular formula is C12H11Br. The van der Waals surface area contributed by atoms with E-state index in [1.807, 2.05) is 0 Å². The number of aryl methyl sites for hydroxylation is 1. The molecule has 1 saturated carbocycles. The van der Waals surface area contributed by atoms with Gasteiger partial charge in [0.1, 0.15) is 0 Å². The molecule has 13 heavy (non-hydrogen) atoms. The molecule has 1 aliphatic rings. The maximum atomic E-state index is 5.52. The number of terminal acetylenes is 1. The molecule has 1 aliphatic carbocycles. The SMILES string of the molecule is C#CC1(c2ccc(C)c(Br)c2)CC1. The lowest BCUT2D eigenvalue weighted by molar-refractivity contribution is 0.928. The van der Waals surface area contributed by atoms with Gasteiger partial charge in [0.25, 0.3) is 0 Å². The van der Waals surface area contributed by atoms with E-state index in [1.54, 1.807) is 0 Å². The van der Waals surface area contributed by atoms with Crippen LogP contribution in [0, 0.1) is 19.3 Å². The molecule has 0 bridgehead atoms. The molecule has 0 N–H and O–H groups in total. The predicted octanol–water partition coefficient (Wildman–Crippen LogP) is 3.42. The highest BCUT2D eigenvalue weighted by molar-refractivity contribution is 9.10. The second-order valence-corrected chi connectivity index (χ2v) is 4.54. The molecule has 0 radical (unpaired) electrons. The molecule has 0 unspecified atom stereocenters. The molecule has 66 valence electrons. The summed E-state index contributed by atoms with van der Waals surface area (Å²) in [6.45, 7) is 2.09. The standard InChI is InChI=1S/C12H11Br/c1-3-12(6-7-12)10-5-4-9(2)11(13)8-10/h1,4-5,8H,6-7H2,2H3. The third-order valence-corrected chi connectivity index (χ3v) is 3.61. The summed E-state index contributed by atoms with van der Waals surface area (Å²) in [5.41, 5.74) is 2.61. The summed E-state index contributed by atoms with van der Waals surface area (Å²) in [6, 6.07) is 6.42. The van der Waals surface area contributed by atoms with E-state index in [9.17, 15) is 0 Å². The summed E-state index contributed by atoms with van der Waals surface area (Å²) >= 11 is 3.53. The average Bonchev–Trinajstić information content (AvgIpc) is 2.90. The fraction of sp³-hybridized carbons (Fsp3) is 0.333. The minimum absolute atomic E-state index is 0.0657. The van der Waals surface area contributed by atoms with E-state index in [1.165, 1.54) is 11.1 Å². The Morgan fingerprint density at radius 2 is 2.15 bits per heavy atom. The lowest BCUT2D eigenvalue weighted by Gasteiger charge is -2.09.